The standard InChI is InChI=1S/C14H15BrN2O/c1-3-17-9-11(8-16-17)7-13(18)12-6-4-5-10(2)14(12)15/h4-6,8-9H,3,7H2,1-2H3. The summed E-state index contributed by atoms with van der Waals surface area (Å²) >= 11 is 3.47. The van der Waals surface area contributed by atoms with Crippen molar-refractivity contribution in [1.82, 2.24) is 9.78 Å². The Balaban J connectivity index is 2.19. The minimum absolute atomic E-state index is 0.112. The molecule has 0 fully saturated rings. The number of benzene rings is 1. The highest BCUT2D eigenvalue weighted by Crippen LogP contribution is 2.22. The number of carbonyl (C=O) groups is 1. The molecule has 0 saturated heterocycles. The molecule has 18 heavy (non-hydrogen) atoms. The Kier molecular flexibility index (Phi) is 3.97. The molecular weight excluding hydrogens is 292 g/mol. The highest BCUT2D eigenvalue weighted by atomic mass is 79.9. The largest absolute Gasteiger partial charge is 0.294 e. The van der Waals surface area contributed by atoms with Gasteiger partial charge in [0.25, 0.3) is 0 Å². The van der Waals surface area contributed by atoms with Gasteiger partial charge in [0, 0.05) is 29.2 Å². The average molecular weight is 307 g/mol. The van der Waals surface area contributed by atoms with E-state index >= 15 is 0 Å². The van der Waals surface area contributed by atoms with Crippen LogP contribution in [0, 0.1) is 6.92 Å². The number of aromatic nitrogens is 2. The molecule has 94 valence electrons. The van der Waals surface area contributed by atoms with Crippen LogP contribution in [0.1, 0.15) is 28.4 Å². The van der Waals surface area contributed by atoms with Crippen molar-refractivity contribution in [3.63, 3.8) is 0 Å². The summed E-state index contributed by atoms with van der Waals surface area (Å²) in [6, 6.07) is 5.74. The van der Waals surface area contributed by atoms with E-state index < -0.39 is 0 Å². The van der Waals surface area contributed by atoms with E-state index in [1.54, 1.807) is 6.20 Å². The average Bonchev–Trinajstić information content (AvgIpc) is 2.80. The lowest BCUT2D eigenvalue weighted by atomic mass is 10.0. The first-order valence-corrected chi connectivity index (χ1v) is 6.70. The Labute approximate surface area is 115 Å². The Morgan fingerprint density at radius 3 is 2.89 bits per heavy atom. The topological polar surface area (TPSA) is 34.9 Å². The molecule has 4 heteroatoms. The fraction of sp³-hybridized carbons (Fsp3) is 0.286. The molecule has 0 aliphatic carbocycles. The van der Waals surface area contributed by atoms with Gasteiger partial charge in [-0.1, -0.05) is 18.2 Å². The van der Waals surface area contributed by atoms with E-state index in [2.05, 4.69) is 21.0 Å². The van der Waals surface area contributed by atoms with Gasteiger partial charge in [-0.15, -0.1) is 0 Å². The molecule has 0 aliphatic rings. The third-order valence-corrected chi connectivity index (χ3v) is 3.92. The highest BCUT2D eigenvalue weighted by Gasteiger charge is 2.12. The van der Waals surface area contributed by atoms with E-state index in [9.17, 15) is 4.79 Å². The minimum Gasteiger partial charge on any atom is -0.294 e. The van der Waals surface area contributed by atoms with Crippen molar-refractivity contribution in [3.8, 4) is 0 Å². The summed E-state index contributed by atoms with van der Waals surface area (Å²) in [5, 5.41) is 4.17. The maximum Gasteiger partial charge on any atom is 0.168 e. The molecular formula is C14H15BrN2O. The smallest absolute Gasteiger partial charge is 0.168 e. The van der Waals surface area contributed by atoms with Crippen molar-refractivity contribution < 1.29 is 4.79 Å². The second-order valence-electron chi connectivity index (χ2n) is 4.24. The molecule has 0 bridgehead atoms. The molecule has 0 atom stereocenters. The normalized spacial score (nSPS) is 10.6. The second-order valence-corrected chi connectivity index (χ2v) is 5.03. The number of halogens is 1. The van der Waals surface area contributed by atoms with Crippen LogP contribution in [0.5, 0.6) is 0 Å². The second kappa shape index (κ2) is 5.48. The van der Waals surface area contributed by atoms with Crippen molar-refractivity contribution >= 4 is 21.7 Å². The number of rotatable bonds is 4. The fourth-order valence-electron chi connectivity index (χ4n) is 1.81. The molecule has 0 N–H and O–H groups in total. The third-order valence-electron chi connectivity index (χ3n) is 2.87. The van der Waals surface area contributed by atoms with Gasteiger partial charge in [-0.25, -0.2) is 0 Å². The van der Waals surface area contributed by atoms with Crippen molar-refractivity contribution in [2.45, 2.75) is 26.8 Å². The quantitative estimate of drug-likeness (QED) is 0.812. The molecule has 3 nitrogen and oxygen atoms in total. The monoisotopic (exact) mass is 306 g/mol. The van der Waals surface area contributed by atoms with Crippen molar-refractivity contribution in [2.75, 3.05) is 0 Å². The molecule has 0 spiro atoms. The van der Waals surface area contributed by atoms with Gasteiger partial charge in [0.2, 0.25) is 0 Å². The summed E-state index contributed by atoms with van der Waals surface area (Å²) in [7, 11) is 0. The zero-order valence-corrected chi connectivity index (χ0v) is 12.1. The maximum atomic E-state index is 12.2. The van der Waals surface area contributed by atoms with Gasteiger partial charge < -0.3 is 0 Å². The molecule has 0 unspecified atom stereocenters. The molecule has 2 rings (SSSR count). The molecule has 0 amide bonds. The summed E-state index contributed by atoms with van der Waals surface area (Å²) < 4.78 is 2.71. The lowest BCUT2D eigenvalue weighted by Gasteiger charge is -2.05. The molecule has 0 aliphatic heterocycles. The summed E-state index contributed by atoms with van der Waals surface area (Å²) in [6.45, 7) is 4.83. The molecule has 1 aromatic carbocycles. The van der Waals surface area contributed by atoms with Crippen LogP contribution in [0.3, 0.4) is 0 Å². The van der Waals surface area contributed by atoms with Crippen LogP contribution in [0.15, 0.2) is 35.1 Å². The first-order valence-electron chi connectivity index (χ1n) is 5.91. The lowest BCUT2D eigenvalue weighted by molar-refractivity contribution is 0.0992. The maximum absolute atomic E-state index is 12.2. The third kappa shape index (κ3) is 2.70. The van der Waals surface area contributed by atoms with Gasteiger partial charge in [0.1, 0.15) is 0 Å². The summed E-state index contributed by atoms with van der Waals surface area (Å²) in [5.41, 5.74) is 2.76. The Morgan fingerprint density at radius 2 is 2.22 bits per heavy atom. The zero-order chi connectivity index (χ0) is 13.1. The first kappa shape index (κ1) is 13.0. The van der Waals surface area contributed by atoms with Gasteiger partial charge in [0.05, 0.1) is 6.20 Å². The van der Waals surface area contributed by atoms with Crippen LogP contribution < -0.4 is 0 Å². The van der Waals surface area contributed by atoms with Crippen LogP contribution in [0.4, 0.5) is 0 Å². The van der Waals surface area contributed by atoms with Gasteiger partial charge in [0.15, 0.2) is 5.78 Å². The summed E-state index contributed by atoms with van der Waals surface area (Å²) in [6.07, 6.45) is 4.06. The number of nitrogens with zero attached hydrogens (tertiary/aromatic N) is 2. The van der Waals surface area contributed by atoms with Crippen molar-refractivity contribution in [1.29, 1.82) is 0 Å². The van der Waals surface area contributed by atoms with E-state index in [0.717, 1.165) is 27.7 Å². The summed E-state index contributed by atoms with van der Waals surface area (Å²) in [4.78, 5) is 12.2. The predicted octanol–water partition coefficient (Wildman–Crippen LogP) is 3.40. The van der Waals surface area contributed by atoms with E-state index in [1.165, 1.54) is 0 Å². The first-order chi connectivity index (χ1) is 8.61. The molecule has 2 aromatic rings. The van der Waals surface area contributed by atoms with Gasteiger partial charge in [-0.05, 0) is 40.9 Å². The van der Waals surface area contributed by atoms with E-state index in [-0.39, 0.29) is 5.78 Å². The van der Waals surface area contributed by atoms with Crippen LogP contribution >= 0.6 is 15.9 Å². The van der Waals surface area contributed by atoms with E-state index in [0.29, 0.717) is 6.42 Å². The van der Waals surface area contributed by atoms with Crippen LogP contribution in [-0.4, -0.2) is 15.6 Å². The lowest BCUT2D eigenvalue weighted by Crippen LogP contribution is -2.04. The molecule has 1 aromatic heterocycles. The van der Waals surface area contributed by atoms with Crippen LogP contribution in [0.25, 0.3) is 0 Å². The Morgan fingerprint density at radius 1 is 1.44 bits per heavy atom. The van der Waals surface area contributed by atoms with Crippen LogP contribution in [0.2, 0.25) is 0 Å². The Bertz CT molecular complexity index is 575. The Hall–Kier alpha value is -1.42. The number of carbonyl (C=O) groups excluding carboxylic acids is 1. The number of hydrogen-bond donors (Lipinski definition) is 0. The fourth-order valence-corrected chi connectivity index (χ4v) is 2.30. The zero-order valence-electron chi connectivity index (χ0n) is 10.5. The number of aryl methyl sites for hydroxylation is 2. The van der Waals surface area contributed by atoms with E-state index in [4.69, 9.17) is 0 Å². The summed E-state index contributed by atoms with van der Waals surface area (Å²) in [5.74, 6) is 0.112. The number of ketones is 1. The minimum atomic E-state index is 0.112. The van der Waals surface area contributed by atoms with Gasteiger partial charge >= 0.3 is 0 Å². The van der Waals surface area contributed by atoms with Gasteiger partial charge in [-0.2, -0.15) is 5.10 Å². The SMILES string of the molecule is CCn1cc(CC(=O)c2cccc(C)c2Br)cn1. The molecule has 0 radical (unpaired) electrons. The number of Topliss-reactive ketones (excluding diaryl/α,β-unsaturated/α-hetero) is 1. The van der Waals surface area contributed by atoms with Crippen molar-refractivity contribution in [2.24, 2.45) is 0 Å². The number of hydrogen-bond acceptors (Lipinski definition) is 2. The van der Waals surface area contributed by atoms with Crippen LogP contribution in [-0.2, 0) is 13.0 Å². The molecule has 1 heterocycles. The van der Waals surface area contributed by atoms with Gasteiger partial charge in [-0.3, -0.25) is 9.48 Å². The van der Waals surface area contributed by atoms with Crippen molar-refractivity contribution in [3.05, 3.63) is 51.8 Å². The highest BCUT2D eigenvalue weighted by molar-refractivity contribution is 9.10. The molecule has 0 saturated carbocycles. The van der Waals surface area contributed by atoms with E-state index in [1.807, 2.05) is 42.9 Å². The predicted molar refractivity (Wildman–Crippen MR) is 74.8 cm³/mol.